The molecule has 1 atom stereocenters. The topological polar surface area (TPSA) is 46.9 Å². The minimum atomic E-state index is -0.190. The number of anilines is 1. The van der Waals surface area contributed by atoms with E-state index in [-0.39, 0.29) is 11.9 Å². The van der Waals surface area contributed by atoms with E-state index in [1.54, 1.807) is 24.0 Å². The average molecular weight is 275 g/mol. The van der Waals surface area contributed by atoms with Crippen LogP contribution < -0.4 is 5.32 Å². The molecule has 1 amide bonds. The monoisotopic (exact) mass is 275 g/mol. The molecule has 0 aliphatic rings. The molecule has 2 rings (SSSR count). The Morgan fingerprint density at radius 3 is 2.79 bits per heavy atom. The van der Waals surface area contributed by atoms with Gasteiger partial charge >= 0.3 is 0 Å². The van der Waals surface area contributed by atoms with Gasteiger partial charge in [-0.3, -0.25) is 4.79 Å². The lowest BCUT2D eigenvalue weighted by Gasteiger charge is -2.17. The second-order valence-electron chi connectivity index (χ2n) is 4.13. The van der Waals surface area contributed by atoms with Crippen LogP contribution in [-0.2, 0) is 4.79 Å². The Morgan fingerprint density at radius 1 is 1.37 bits per heavy atom. The molecule has 2 aromatic rings. The maximum Gasteiger partial charge on any atom is 0.248 e. The molecule has 0 saturated heterocycles. The minimum Gasteiger partial charge on any atom is -0.342 e. The Hall–Kier alpha value is -1.75. The van der Waals surface area contributed by atoms with Crippen molar-refractivity contribution in [2.24, 2.45) is 0 Å². The molecule has 1 unspecified atom stereocenters. The Kier molecular flexibility index (Phi) is 5.03. The SMILES string of the molecule is CSCCC(C(=O)Nc1ccccn1)n1cccc1. The van der Waals surface area contributed by atoms with Crippen molar-refractivity contribution in [2.75, 3.05) is 17.3 Å². The average Bonchev–Trinajstić information content (AvgIpc) is 2.94. The van der Waals surface area contributed by atoms with Crippen LogP contribution in [0.2, 0.25) is 0 Å². The second kappa shape index (κ2) is 6.99. The molecular formula is C14H17N3OS. The summed E-state index contributed by atoms with van der Waals surface area (Å²) in [6, 6.07) is 9.14. The third kappa shape index (κ3) is 3.86. The number of rotatable bonds is 6. The Morgan fingerprint density at radius 2 is 2.16 bits per heavy atom. The smallest absolute Gasteiger partial charge is 0.248 e. The number of nitrogens with one attached hydrogen (secondary N) is 1. The normalized spacial score (nSPS) is 12.1. The van der Waals surface area contributed by atoms with Gasteiger partial charge in [-0.1, -0.05) is 6.07 Å². The van der Waals surface area contributed by atoms with Crippen molar-refractivity contribution < 1.29 is 4.79 Å². The standard InChI is InChI=1S/C14H17N3OS/c1-19-11-7-12(17-9-4-5-10-17)14(18)16-13-6-2-3-8-15-13/h2-6,8-10,12H,7,11H2,1H3,(H,15,16,18). The predicted molar refractivity (Wildman–Crippen MR) is 79.3 cm³/mol. The number of hydrogen-bond donors (Lipinski definition) is 1. The molecule has 0 spiro atoms. The molecule has 0 aliphatic heterocycles. The first-order valence-corrected chi connectivity index (χ1v) is 7.54. The number of thioether (sulfide) groups is 1. The van der Waals surface area contributed by atoms with Gasteiger partial charge < -0.3 is 9.88 Å². The number of carbonyl (C=O) groups is 1. The molecule has 1 N–H and O–H groups in total. The van der Waals surface area contributed by atoms with Crippen molar-refractivity contribution in [3.05, 3.63) is 48.9 Å². The summed E-state index contributed by atoms with van der Waals surface area (Å²) in [4.78, 5) is 16.5. The van der Waals surface area contributed by atoms with Gasteiger partial charge in [-0.05, 0) is 42.7 Å². The number of amides is 1. The van der Waals surface area contributed by atoms with Gasteiger partial charge in [-0.2, -0.15) is 11.8 Å². The fourth-order valence-electron chi connectivity index (χ4n) is 1.85. The number of nitrogens with zero attached hydrogens (tertiary/aromatic N) is 2. The van der Waals surface area contributed by atoms with Gasteiger partial charge in [0.2, 0.25) is 5.91 Å². The van der Waals surface area contributed by atoms with Gasteiger partial charge in [0.25, 0.3) is 0 Å². The van der Waals surface area contributed by atoms with Crippen molar-refractivity contribution in [1.82, 2.24) is 9.55 Å². The van der Waals surface area contributed by atoms with E-state index in [4.69, 9.17) is 0 Å². The fraction of sp³-hybridized carbons (Fsp3) is 0.286. The first kappa shape index (κ1) is 13.7. The van der Waals surface area contributed by atoms with Crippen LogP contribution in [-0.4, -0.2) is 27.5 Å². The molecule has 0 bridgehead atoms. The number of carbonyl (C=O) groups excluding carboxylic acids is 1. The molecule has 0 aromatic carbocycles. The van der Waals surface area contributed by atoms with Crippen LogP contribution in [0.25, 0.3) is 0 Å². The van der Waals surface area contributed by atoms with Crippen molar-refractivity contribution in [3.8, 4) is 0 Å². The zero-order valence-corrected chi connectivity index (χ0v) is 11.6. The molecule has 0 aliphatic carbocycles. The van der Waals surface area contributed by atoms with E-state index in [0.29, 0.717) is 5.82 Å². The molecule has 19 heavy (non-hydrogen) atoms. The Bertz CT molecular complexity index is 499. The third-order valence-electron chi connectivity index (χ3n) is 2.80. The van der Waals surface area contributed by atoms with Crippen LogP contribution in [0.1, 0.15) is 12.5 Å². The van der Waals surface area contributed by atoms with E-state index >= 15 is 0 Å². The highest BCUT2D eigenvalue weighted by Gasteiger charge is 2.19. The fourth-order valence-corrected chi connectivity index (χ4v) is 2.31. The molecule has 2 aromatic heterocycles. The quantitative estimate of drug-likeness (QED) is 0.882. The Labute approximate surface area is 117 Å². The molecule has 0 saturated carbocycles. The predicted octanol–water partition coefficient (Wildman–Crippen LogP) is 2.82. The van der Waals surface area contributed by atoms with E-state index in [1.807, 2.05) is 47.5 Å². The second-order valence-corrected chi connectivity index (χ2v) is 5.12. The first-order valence-electron chi connectivity index (χ1n) is 6.14. The molecule has 0 fully saturated rings. The zero-order valence-electron chi connectivity index (χ0n) is 10.8. The van der Waals surface area contributed by atoms with E-state index in [2.05, 4.69) is 10.3 Å². The summed E-state index contributed by atoms with van der Waals surface area (Å²) in [6.07, 6.45) is 8.35. The summed E-state index contributed by atoms with van der Waals surface area (Å²) >= 11 is 1.74. The molecular weight excluding hydrogens is 258 g/mol. The lowest BCUT2D eigenvalue weighted by Crippen LogP contribution is -2.26. The summed E-state index contributed by atoms with van der Waals surface area (Å²) in [7, 11) is 0. The first-order chi connectivity index (χ1) is 9.31. The van der Waals surface area contributed by atoms with Crippen molar-refractivity contribution in [3.63, 3.8) is 0 Å². The minimum absolute atomic E-state index is 0.0241. The van der Waals surface area contributed by atoms with Crippen LogP contribution in [0.4, 0.5) is 5.82 Å². The van der Waals surface area contributed by atoms with Crippen LogP contribution in [0.5, 0.6) is 0 Å². The highest BCUT2D eigenvalue weighted by Crippen LogP contribution is 2.17. The largest absolute Gasteiger partial charge is 0.342 e. The molecule has 0 radical (unpaired) electrons. The maximum absolute atomic E-state index is 12.3. The summed E-state index contributed by atoms with van der Waals surface area (Å²) in [5, 5.41) is 2.86. The third-order valence-corrected chi connectivity index (χ3v) is 3.45. The van der Waals surface area contributed by atoms with Gasteiger partial charge in [0.15, 0.2) is 0 Å². The summed E-state index contributed by atoms with van der Waals surface area (Å²) in [6.45, 7) is 0. The van der Waals surface area contributed by atoms with Crippen LogP contribution in [0.15, 0.2) is 48.9 Å². The van der Waals surface area contributed by atoms with E-state index in [1.165, 1.54) is 0 Å². The van der Waals surface area contributed by atoms with Gasteiger partial charge in [0, 0.05) is 18.6 Å². The Balaban J connectivity index is 2.07. The lowest BCUT2D eigenvalue weighted by atomic mass is 10.2. The lowest BCUT2D eigenvalue weighted by molar-refractivity contribution is -0.119. The highest BCUT2D eigenvalue weighted by molar-refractivity contribution is 7.98. The molecule has 2 heterocycles. The van der Waals surface area contributed by atoms with E-state index in [0.717, 1.165) is 12.2 Å². The van der Waals surface area contributed by atoms with Crippen molar-refractivity contribution in [2.45, 2.75) is 12.5 Å². The molecule has 4 nitrogen and oxygen atoms in total. The van der Waals surface area contributed by atoms with Gasteiger partial charge in [0.1, 0.15) is 11.9 Å². The van der Waals surface area contributed by atoms with Crippen molar-refractivity contribution >= 4 is 23.5 Å². The van der Waals surface area contributed by atoms with Gasteiger partial charge in [0.05, 0.1) is 0 Å². The maximum atomic E-state index is 12.3. The van der Waals surface area contributed by atoms with Crippen LogP contribution in [0.3, 0.4) is 0 Å². The van der Waals surface area contributed by atoms with E-state index < -0.39 is 0 Å². The summed E-state index contributed by atoms with van der Waals surface area (Å²) in [5.41, 5.74) is 0. The van der Waals surface area contributed by atoms with Gasteiger partial charge in [-0.15, -0.1) is 0 Å². The zero-order chi connectivity index (χ0) is 13.5. The number of hydrogen-bond acceptors (Lipinski definition) is 3. The molecule has 100 valence electrons. The highest BCUT2D eigenvalue weighted by atomic mass is 32.2. The summed E-state index contributed by atoms with van der Waals surface area (Å²) < 4.78 is 1.94. The number of aromatic nitrogens is 2. The molecule has 5 heteroatoms. The summed E-state index contributed by atoms with van der Waals surface area (Å²) in [5.74, 6) is 1.51. The van der Waals surface area contributed by atoms with Crippen LogP contribution >= 0.6 is 11.8 Å². The number of pyridine rings is 1. The van der Waals surface area contributed by atoms with E-state index in [9.17, 15) is 4.79 Å². The van der Waals surface area contributed by atoms with Crippen molar-refractivity contribution in [1.29, 1.82) is 0 Å². The van der Waals surface area contributed by atoms with Gasteiger partial charge in [-0.25, -0.2) is 4.98 Å². The van der Waals surface area contributed by atoms with Crippen LogP contribution in [0, 0.1) is 0 Å².